The van der Waals surface area contributed by atoms with Crippen LogP contribution >= 0.6 is 0 Å². The van der Waals surface area contributed by atoms with E-state index in [0.717, 1.165) is 23.4 Å². The SMILES string of the molecule is CCC(C)c1c(C)nn(C(=O)c2ccc(NC(=O)CC(C)C)cc2)c1C. The van der Waals surface area contributed by atoms with Crippen molar-refractivity contribution >= 4 is 17.5 Å². The number of aryl methyl sites for hydroxylation is 1. The average molecular weight is 355 g/mol. The second-order valence-electron chi connectivity index (χ2n) is 7.33. The molecule has 26 heavy (non-hydrogen) atoms. The van der Waals surface area contributed by atoms with Crippen LogP contribution in [0.5, 0.6) is 0 Å². The molecule has 1 N–H and O–H groups in total. The van der Waals surface area contributed by atoms with Gasteiger partial charge in [-0.15, -0.1) is 0 Å². The third-order valence-electron chi connectivity index (χ3n) is 4.65. The molecule has 0 spiro atoms. The van der Waals surface area contributed by atoms with Crippen LogP contribution in [0.15, 0.2) is 24.3 Å². The van der Waals surface area contributed by atoms with Gasteiger partial charge in [-0.05, 0) is 61.9 Å². The molecular formula is C21H29N3O2. The molecule has 5 heteroatoms. The second-order valence-corrected chi connectivity index (χ2v) is 7.33. The average Bonchev–Trinajstić information content (AvgIpc) is 2.88. The Balaban J connectivity index is 2.19. The maximum absolute atomic E-state index is 12.8. The molecule has 1 aromatic heterocycles. The van der Waals surface area contributed by atoms with Crippen molar-refractivity contribution in [2.24, 2.45) is 5.92 Å². The predicted molar refractivity (Wildman–Crippen MR) is 105 cm³/mol. The number of anilines is 1. The normalized spacial score (nSPS) is 12.3. The third kappa shape index (κ3) is 4.40. The van der Waals surface area contributed by atoms with Gasteiger partial charge < -0.3 is 5.32 Å². The van der Waals surface area contributed by atoms with Crippen LogP contribution < -0.4 is 5.32 Å². The van der Waals surface area contributed by atoms with Crippen LogP contribution in [0, 0.1) is 19.8 Å². The molecule has 0 aliphatic carbocycles. The summed E-state index contributed by atoms with van der Waals surface area (Å²) in [7, 11) is 0. The maximum atomic E-state index is 12.8. The molecule has 5 nitrogen and oxygen atoms in total. The van der Waals surface area contributed by atoms with E-state index in [4.69, 9.17) is 0 Å². The topological polar surface area (TPSA) is 64.0 Å². The van der Waals surface area contributed by atoms with Crippen molar-refractivity contribution in [2.75, 3.05) is 5.32 Å². The first-order valence-electron chi connectivity index (χ1n) is 9.25. The highest BCUT2D eigenvalue weighted by Crippen LogP contribution is 2.26. The van der Waals surface area contributed by atoms with Crippen LogP contribution in [0.1, 0.15) is 73.8 Å². The molecule has 1 aromatic carbocycles. The van der Waals surface area contributed by atoms with E-state index in [9.17, 15) is 9.59 Å². The molecule has 2 rings (SSSR count). The lowest BCUT2D eigenvalue weighted by molar-refractivity contribution is -0.116. The number of amides is 1. The summed E-state index contributed by atoms with van der Waals surface area (Å²) < 4.78 is 1.49. The zero-order valence-electron chi connectivity index (χ0n) is 16.6. The molecule has 0 saturated heterocycles. The van der Waals surface area contributed by atoms with E-state index in [0.29, 0.717) is 29.5 Å². The molecule has 0 bridgehead atoms. The first-order valence-corrected chi connectivity index (χ1v) is 9.25. The number of nitrogens with one attached hydrogen (secondary N) is 1. The van der Waals surface area contributed by atoms with Crippen molar-refractivity contribution in [3.8, 4) is 0 Å². The van der Waals surface area contributed by atoms with Gasteiger partial charge in [0, 0.05) is 23.4 Å². The summed E-state index contributed by atoms with van der Waals surface area (Å²) >= 11 is 0. The van der Waals surface area contributed by atoms with Crippen LogP contribution in [-0.4, -0.2) is 21.6 Å². The number of benzene rings is 1. The first-order chi connectivity index (χ1) is 12.2. The van der Waals surface area contributed by atoms with Crippen molar-refractivity contribution < 1.29 is 9.59 Å². The van der Waals surface area contributed by atoms with Gasteiger partial charge in [-0.3, -0.25) is 9.59 Å². The zero-order chi connectivity index (χ0) is 19.4. The Kier molecular flexibility index (Phi) is 6.35. The molecule has 0 aliphatic heterocycles. The van der Waals surface area contributed by atoms with E-state index in [1.54, 1.807) is 24.3 Å². The summed E-state index contributed by atoms with van der Waals surface area (Å²) in [6.45, 7) is 12.2. The van der Waals surface area contributed by atoms with Gasteiger partial charge in [-0.2, -0.15) is 5.10 Å². The van der Waals surface area contributed by atoms with Crippen LogP contribution in [0.4, 0.5) is 5.69 Å². The Bertz CT molecular complexity index is 788. The number of carbonyl (C=O) groups is 2. The second kappa shape index (κ2) is 8.30. The van der Waals surface area contributed by atoms with Crippen molar-refractivity contribution in [1.82, 2.24) is 9.78 Å². The van der Waals surface area contributed by atoms with E-state index in [2.05, 4.69) is 24.3 Å². The van der Waals surface area contributed by atoms with Crippen LogP contribution in [0.2, 0.25) is 0 Å². The van der Waals surface area contributed by atoms with Gasteiger partial charge in [0.15, 0.2) is 0 Å². The van der Waals surface area contributed by atoms with Crippen LogP contribution in [0.25, 0.3) is 0 Å². The first kappa shape index (κ1) is 19.9. The fraction of sp³-hybridized carbons (Fsp3) is 0.476. The van der Waals surface area contributed by atoms with Gasteiger partial charge in [0.05, 0.1) is 5.69 Å². The molecule has 0 aliphatic rings. The molecular weight excluding hydrogens is 326 g/mol. The predicted octanol–water partition coefficient (Wildman–Crippen LogP) is 4.69. The minimum Gasteiger partial charge on any atom is -0.326 e. The van der Waals surface area contributed by atoms with E-state index in [1.165, 1.54) is 4.68 Å². The van der Waals surface area contributed by atoms with E-state index in [1.807, 2.05) is 27.7 Å². The van der Waals surface area contributed by atoms with Crippen LogP contribution in [-0.2, 0) is 4.79 Å². The Morgan fingerprint density at radius 1 is 1.12 bits per heavy atom. The molecule has 0 saturated carbocycles. The molecule has 0 fully saturated rings. The number of hydrogen-bond donors (Lipinski definition) is 1. The lowest BCUT2D eigenvalue weighted by Crippen LogP contribution is -2.16. The number of carbonyl (C=O) groups excluding carboxylic acids is 2. The minimum absolute atomic E-state index is 0.0178. The van der Waals surface area contributed by atoms with Crippen molar-refractivity contribution in [2.45, 2.75) is 60.3 Å². The summed E-state index contributed by atoms with van der Waals surface area (Å²) in [5.74, 6) is 0.507. The Morgan fingerprint density at radius 2 is 1.73 bits per heavy atom. The summed E-state index contributed by atoms with van der Waals surface area (Å²) in [4.78, 5) is 24.7. The molecule has 1 atom stereocenters. The smallest absolute Gasteiger partial charge is 0.278 e. The summed E-state index contributed by atoms with van der Waals surface area (Å²) in [6, 6.07) is 6.97. The number of rotatable bonds is 6. The molecule has 1 heterocycles. The number of aromatic nitrogens is 2. The summed E-state index contributed by atoms with van der Waals surface area (Å²) in [6.07, 6.45) is 1.48. The standard InChI is InChI=1S/C21H29N3O2/c1-7-14(4)20-15(5)23-24(16(20)6)21(26)17-8-10-18(11-9-17)22-19(25)12-13(2)3/h8-11,13-14H,7,12H2,1-6H3,(H,22,25). The monoisotopic (exact) mass is 355 g/mol. The summed E-state index contributed by atoms with van der Waals surface area (Å²) in [5.41, 5.74) is 4.20. The van der Waals surface area contributed by atoms with E-state index in [-0.39, 0.29) is 11.8 Å². The Hall–Kier alpha value is -2.43. The van der Waals surface area contributed by atoms with E-state index < -0.39 is 0 Å². The van der Waals surface area contributed by atoms with Crippen LogP contribution in [0.3, 0.4) is 0 Å². The van der Waals surface area contributed by atoms with Gasteiger partial charge in [0.1, 0.15) is 0 Å². The van der Waals surface area contributed by atoms with Crippen molar-refractivity contribution in [1.29, 1.82) is 0 Å². The van der Waals surface area contributed by atoms with Crippen molar-refractivity contribution in [3.63, 3.8) is 0 Å². The van der Waals surface area contributed by atoms with Gasteiger partial charge >= 0.3 is 0 Å². The van der Waals surface area contributed by atoms with Gasteiger partial charge in [-0.25, -0.2) is 4.68 Å². The highest BCUT2D eigenvalue weighted by Gasteiger charge is 2.20. The lowest BCUT2D eigenvalue weighted by atomic mass is 9.97. The number of hydrogen-bond acceptors (Lipinski definition) is 3. The molecule has 2 aromatic rings. The third-order valence-corrected chi connectivity index (χ3v) is 4.65. The summed E-state index contributed by atoms with van der Waals surface area (Å²) in [5, 5.41) is 7.31. The van der Waals surface area contributed by atoms with Gasteiger partial charge in [-0.1, -0.05) is 27.7 Å². The van der Waals surface area contributed by atoms with Gasteiger partial charge in [0.2, 0.25) is 5.91 Å². The molecule has 1 unspecified atom stereocenters. The quantitative estimate of drug-likeness (QED) is 0.818. The minimum atomic E-state index is -0.153. The van der Waals surface area contributed by atoms with Crippen molar-refractivity contribution in [3.05, 3.63) is 46.8 Å². The lowest BCUT2D eigenvalue weighted by Gasteiger charge is -2.10. The largest absolute Gasteiger partial charge is 0.326 e. The fourth-order valence-corrected chi connectivity index (χ4v) is 3.17. The highest BCUT2D eigenvalue weighted by atomic mass is 16.2. The number of nitrogens with zero attached hydrogens (tertiary/aromatic N) is 2. The molecule has 140 valence electrons. The molecule has 1 amide bonds. The maximum Gasteiger partial charge on any atom is 0.278 e. The van der Waals surface area contributed by atoms with E-state index >= 15 is 0 Å². The zero-order valence-corrected chi connectivity index (χ0v) is 16.6. The Morgan fingerprint density at radius 3 is 2.27 bits per heavy atom. The van der Waals surface area contributed by atoms with Gasteiger partial charge in [0.25, 0.3) is 5.91 Å². The Labute approximate surface area is 155 Å². The fourth-order valence-electron chi connectivity index (χ4n) is 3.17. The molecule has 0 radical (unpaired) electrons. The highest BCUT2D eigenvalue weighted by molar-refractivity contribution is 5.97.